The second-order valence-corrected chi connectivity index (χ2v) is 4.11. The van der Waals surface area contributed by atoms with Crippen molar-refractivity contribution in [3.05, 3.63) is 0 Å². The van der Waals surface area contributed by atoms with Crippen LogP contribution in [0.3, 0.4) is 0 Å². The van der Waals surface area contributed by atoms with E-state index in [4.69, 9.17) is 0 Å². The van der Waals surface area contributed by atoms with Gasteiger partial charge in [-0.15, -0.1) is 0 Å². The zero-order valence-corrected chi connectivity index (χ0v) is 7.01. The van der Waals surface area contributed by atoms with Crippen molar-refractivity contribution in [1.29, 1.82) is 0 Å². The predicted octanol–water partition coefficient (Wildman–Crippen LogP) is 2.55. The summed E-state index contributed by atoms with van der Waals surface area (Å²) in [5.41, 5.74) is 0. The summed E-state index contributed by atoms with van der Waals surface area (Å²) < 4.78 is 0. The van der Waals surface area contributed by atoms with Crippen LogP contribution in [0.4, 0.5) is 0 Å². The molecule has 0 heterocycles. The van der Waals surface area contributed by atoms with E-state index in [1.54, 1.807) is 0 Å². The Kier molecular flexibility index (Phi) is 1.97. The summed E-state index contributed by atoms with van der Waals surface area (Å²) in [6.45, 7) is 0. The normalized spacial score (nSPS) is 38.4. The van der Waals surface area contributed by atoms with Crippen molar-refractivity contribution in [3.8, 4) is 0 Å². The first-order valence-corrected chi connectivity index (χ1v) is 4.88. The lowest BCUT2D eigenvalue weighted by atomic mass is 9.92. The molecule has 0 N–H and O–H groups in total. The smallest absolute Gasteiger partial charge is 0.133 e. The molecule has 0 aromatic carbocycles. The highest BCUT2D eigenvalue weighted by atomic mass is 16.1. The average molecular weight is 152 g/mol. The molecule has 0 aromatic heterocycles. The first-order chi connectivity index (χ1) is 5.36. The summed E-state index contributed by atoms with van der Waals surface area (Å²) in [5, 5.41) is 0. The molecule has 62 valence electrons. The minimum Gasteiger partial charge on any atom is -0.300 e. The lowest BCUT2D eigenvalue weighted by molar-refractivity contribution is -0.117. The van der Waals surface area contributed by atoms with Crippen molar-refractivity contribution in [1.82, 2.24) is 0 Å². The van der Waals surface area contributed by atoms with Gasteiger partial charge in [0.1, 0.15) is 5.78 Å². The van der Waals surface area contributed by atoms with Gasteiger partial charge in [-0.1, -0.05) is 19.3 Å². The molecular weight excluding hydrogens is 136 g/mol. The van der Waals surface area contributed by atoms with E-state index in [9.17, 15) is 4.79 Å². The van der Waals surface area contributed by atoms with Crippen molar-refractivity contribution < 1.29 is 4.79 Å². The number of fused-ring (bicyclic) bond motifs is 1. The van der Waals surface area contributed by atoms with E-state index in [1.165, 1.54) is 32.1 Å². The van der Waals surface area contributed by atoms with Crippen molar-refractivity contribution in [2.45, 2.75) is 44.9 Å². The summed E-state index contributed by atoms with van der Waals surface area (Å²) in [4.78, 5) is 11.1. The standard InChI is InChI=1S/C10H16O/c11-10-6-8-4-2-1-3-5-9(8)7-10/h8-9H,1-7H2/t8-,9-/m1/s1. The lowest BCUT2D eigenvalue weighted by Crippen LogP contribution is -2.04. The van der Waals surface area contributed by atoms with Crippen LogP contribution in [-0.2, 0) is 4.79 Å². The van der Waals surface area contributed by atoms with Crippen LogP contribution in [0.2, 0.25) is 0 Å². The van der Waals surface area contributed by atoms with Crippen LogP contribution in [0.15, 0.2) is 0 Å². The molecule has 0 aliphatic heterocycles. The Morgan fingerprint density at radius 3 is 2.00 bits per heavy atom. The second kappa shape index (κ2) is 2.96. The molecule has 0 aromatic rings. The Bertz CT molecular complexity index is 146. The Morgan fingerprint density at radius 1 is 0.909 bits per heavy atom. The summed E-state index contributed by atoms with van der Waals surface area (Å²) in [6.07, 6.45) is 8.62. The number of carbonyl (C=O) groups is 1. The van der Waals surface area contributed by atoms with E-state index in [2.05, 4.69) is 0 Å². The number of hydrogen-bond donors (Lipinski definition) is 0. The first-order valence-electron chi connectivity index (χ1n) is 4.88. The highest BCUT2D eigenvalue weighted by molar-refractivity contribution is 5.81. The molecule has 2 rings (SSSR count). The maximum absolute atomic E-state index is 11.1. The third-order valence-corrected chi connectivity index (χ3v) is 3.30. The van der Waals surface area contributed by atoms with E-state index < -0.39 is 0 Å². The van der Waals surface area contributed by atoms with Gasteiger partial charge in [-0.05, 0) is 24.7 Å². The fourth-order valence-corrected chi connectivity index (χ4v) is 2.67. The predicted molar refractivity (Wildman–Crippen MR) is 44.3 cm³/mol. The third kappa shape index (κ3) is 1.47. The van der Waals surface area contributed by atoms with E-state index in [1.807, 2.05) is 0 Å². The molecule has 1 nitrogen and oxygen atoms in total. The Balaban J connectivity index is 2.01. The maximum Gasteiger partial charge on any atom is 0.133 e. The molecule has 0 amide bonds. The van der Waals surface area contributed by atoms with Gasteiger partial charge >= 0.3 is 0 Å². The molecule has 2 aliphatic carbocycles. The first kappa shape index (κ1) is 7.33. The molecule has 0 saturated heterocycles. The molecule has 0 unspecified atom stereocenters. The van der Waals surface area contributed by atoms with Gasteiger partial charge in [0.15, 0.2) is 0 Å². The lowest BCUT2D eigenvalue weighted by Gasteiger charge is -2.13. The van der Waals surface area contributed by atoms with E-state index in [0.717, 1.165) is 24.7 Å². The highest BCUT2D eigenvalue weighted by Crippen LogP contribution is 2.38. The number of carbonyl (C=O) groups excluding carboxylic acids is 1. The topological polar surface area (TPSA) is 17.1 Å². The van der Waals surface area contributed by atoms with E-state index in [0.29, 0.717) is 5.78 Å². The Labute approximate surface area is 68.2 Å². The molecule has 0 bridgehead atoms. The third-order valence-electron chi connectivity index (χ3n) is 3.30. The van der Waals surface area contributed by atoms with Gasteiger partial charge in [0.05, 0.1) is 0 Å². The number of Topliss-reactive ketones (excluding diaryl/α,β-unsaturated/α-hetero) is 1. The van der Waals surface area contributed by atoms with E-state index in [-0.39, 0.29) is 0 Å². The van der Waals surface area contributed by atoms with Gasteiger partial charge in [-0.2, -0.15) is 0 Å². The fraction of sp³-hybridized carbons (Fsp3) is 0.900. The van der Waals surface area contributed by atoms with Crippen molar-refractivity contribution in [2.75, 3.05) is 0 Å². The molecule has 0 radical (unpaired) electrons. The number of ketones is 1. The molecule has 0 spiro atoms. The number of hydrogen-bond acceptors (Lipinski definition) is 1. The Hall–Kier alpha value is -0.330. The van der Waals surface area contributed by atoms with Crippen LogP contribution < -0.4 is 0 Å². The fourth-order valence-electron chi connectivity index (χ4n) is 2.67. The summed E-state index contributed by atoms with van der Waals surface area (Å²) in [5.74, 6) is 2.09. The van der Waals surface area contributed by atoms with Crippen molar-refractivity contribution >= 4 is 5.78 Å². The number of rotatable bonds is 0. The molecular formula is C10H16O. The van der Waals surface area contributed by atoms with Gasteiger partial charge in [-0.25, -0.2) is 0 Å². The Morgan fingerprint density at radius 2 is 1.45 bits per heavy atom. The molecule has 2 saturated carbocycles. The minimum absolute atomic E-state index is 0.530. The SMILES string of the molecule is O=C1C[C@H]2CCCCC[C@@H]2C1. The molecule has 2 atom stereocenters. The van der Waals surface area contributed by atoms with Gasteiger partial charge < -0.3 is 0 Å². The molecule has 1 heteroatoms. The average Bonchev–Trinajstić information content (AvgIpc) is 2.17. The van der Waals surface area contributed by atoms with Crippen LogP contribution in [0.5, 0.6) is 0 Å². The quantitative estimate of drug-likeness (QED) is 0.521. The highest BCUT2D eigenvalue weighted by Gasteiger charge is 2.32. The summed E-state index contributed by atoms with van der Waals surface area (Å²) in [6, 6.07) is 0. The molecule has 2 fully saturated rings. The monoisotopic (exact) mass is 152 g/mol. The summed E-state index contributed by atoms with van der Waals surface area (Å²) >= 11 is 0. The van der Waals surface area contributed by atoms with Gasteiger partial charge in [-0.3, -0.25) is 4.79 Å². The van der Waals surface area contributed by atoms with Crippen LogP contribution in [0.25, 0.3) is 0 Å². The van der Waals surface area contributed by atoms with Crippen LogP contribution in [0.1, 0.15) is 44.9 Å². The van der Waals surface area contributed by atoms with Gasteiger partial charge in [0.2, 0.25) is 0 Å². The van der Waals surface area contributed by atoms with Crippen LogP contribution >= 0.6 is 0 Å². The largest absolute Gasteiger partial charge is 0.300 e. The van der Waals surface area contributed by atoms with Crippen molar-refractivity contribution in [2.24, 2.45) is 11.8 Å². The molecule has 2 aliphatic rings. The second-order valence-electron chi connectivity index (χ2n) is 4.11. The molecule has 11 heavy (non-hydrogen) atoms. The van der Waals surface area contributed by atoms with Crippen LogP contribution in [0, 0.1) is 11.8 Å². The van der Waals surface area contributed by atoms with Gasteiger partial charge in [0.25, 0.3) is 0 Å². The van der Waals surface area contributed by atoms with Gasteiger partial charge in [0, 0.05) is 12.8 Å². The zero-order valence-electron chi connectivity index (χ0n) is 7.01. The maximum atomic E-state index is 11.1. The van der Waals surface area contributed by atoms with E-state index >= 15 is 0 Å². The van der Waals surface area contributed by atoms with Crippen LogP contribution in [-0.4, -0.2) is 5.78 Å². The van der Waals surface area contributed by atoms with Crippen molar-refractivity contribution in [3.63, 3.8) is 0 Å². The summed E-state index contributed by atoms with van der Waals surface area (Å²) in [7, 11) is 0. The minimum atomic E-state index is 0.530. The zero-order chi connectivity index (χ0) is 7.68.